The van der Waals surface area contributed by atoms with Crippen molar-refractivity contribution < 1.29 is 4.42 Å². The summed E-state index contributed by atoms with van der Waals surface area (Å²) in [7, 11) is 0. The minimum absolute atomic E-state index is 0.595. The topological polar surface area (TPSA) is 64.7 Å². The fraction of sp³-hybridized carbons (Fsp3) is 0. The Hall–Kier alpha value is -7.24. The Labute approximate surface area is 302 Å². The van der Waals surface area contributed by atoms with Crippen LogP contribution in [0.25, 0.3) is 122 Å². The monoisotopic (exact) mass is 674 g/mol. The summed E-state index contributed by atoms with van der Waals surface area (Å²) >= 11 is 0. The SMILES string of the molecule is c1ccc2c(c1)-c1cccc3cc(-c4nc(-c5cccc6ccc7c(ccc8cccnc87)c56)nc(-c5cccc6oc7ccccc7c56)n4)cc-2c13. The van der Waals surface area contributed by atoms with E-state index in [1.54, 1.807) is 0 Å². The van der Waals surface area contributed by atoms with Gasteiger partial charge in [0.15, 0.2) is 17.5 Å². The molecule has 1 aliphatic rings. The van der Waals surface area contributed by atoms with E-state index in [4.69, 9.17) is 24.4 Å². The zero-order valence-corrected chi connectivity index (χ0v) is 28.2. The maximum atomic E-state index is 6.33. The first kappa shape index (κ1) is 28.5. The zero-order chi connectivity index (χ0) is 34.6. The second-order valence-electron chi connectivity index (χ2n) is 13.8. The molecule has 1 aliphatic carbocycles. The molecule has 53 heavy (non-hydrogen) atoms. The van der Waals surface area contributed by atoms with E-state index in [0.717, 1.165) is 76.5 Å². The summed E-state index contributed by atoms with van der Waals surface area (Å²) in [6.07, 6.45) is 1.86. The first-order chi connectivity index (χ1) is 26.3. The molecule has 0 aliphatic heterocycles. The van der Waals surface area contributed by atoms with Gasteiger partial charge in [-0.05, 0) is 74.1 Å². The van der Waals surface area contributed by atoms with Crippen molar-refractivity contribution in [3.8, 4) is 56.4 Å². The van der Waals surface area contributed by atoms with Gasteiger partial charge in [0.1, 0.15) is 11.2 Å². The van der Waals surface area contributed by atoms with Crippen LogP contribution in [-0.2, 0) is 0 Å². The third-order valence-electron chi connectivity index (χ3n) is 10.9. The predicted octanol–water partition coefficient (Wildman–Crippen LogP) is 12.4. The van der Waals surface area contributed by atoms with Crippen molar-refractivity contribution in [3.05, 3.63) is 158 Å². The lowest BCUT2D eigenvalue weighted by atomic mass is 9.95. The van der Waals surface area contributed by atoms with Crippen LogP contribution in [0.4, 0.5) is 0 Å². The summed E-state index contributed by atoms with van der Waals surface area (Å²) in [6, 6.07) is 53.1. The van der Waals surface area contributed by atoms with Crippen LogP contribution in [0.2, 0.25) is 0 Å². The van der Waals surface area contributed by atoms with E-state index in [9.17, 15) is 0 Å². The lowest BCUT2D eigenvalue weighted by Crippen LogP contribution is -2.01. The number of furan rings is 1. The van der Waals surface area contributed by atoms with Crippen LogP contribution < -0.4 is 0 Å². The maximum absolute atomic E-state index is 6.33. The molecule has 0 saturated heterocycles. The molecule has 0 saturated carbocycles. The highest BCUT2D eigenvalue weighted by molar-refractivity contribution is 6.20. The molecule has 0 atom stereocenters. The van der Waals surface area contributed by atoms with Gasteiger partial charge in [-0.3, -0.25) is 4.98 Å². The number of fused-ring (bicyclic) bond motifs is 11. The van der Waals surface area contributed by atoms with Crippen molar-refractivity contribution in [2.24, 2.45) is 0 Å². The highest BCUT2D eigenvalue weighted by Gasteiger charge is 2.24. The first-order valence-electron chi connectivity index (χ1n) is 17.8. The molecule has 0 unspecified atom stereocenters. The largest absolute Gasteiger partial charge is 0.456 e. The summed E-state index contributed by atoms with van der Waals surface area (Å²) in [6.45, 7) is 0. The van der Waals surface area contributed by atoms with Crippen molar-refractivity contribution in [1.29, 1.82) is 0 Å². The van der Waals surface area contributed by atoms with E-state index < -0.39 is 0 Å². The third kappa shape index (κ3) is 4.07. The number of hydrogen-bond acceptors (Lipinski definition) is 5. The highest BCUT2D eigenvalue weighted by Crippen LogP contribution is 2.48. The van der Waals surface area contributed by atoms with E-state index >= 15 is 0 Å². The molecule has 0 N–H and O–H groups in total. The van der Waals surface area contributed by atoms with E-state index in [-0.39, 0.29) is 0 Å². The smallest absolute Gasteiger partial charge is 0.164 e. The molecule has 5 nitrogen and oxygen atoms in total. The Morgan fingerprint density at radius 1 is 0.358 bits per heavy atom. The molecule has 0 radical (unpaired) electrons. The molecule has 3 heterocycles. The minimum Gasteiger partial charge on any atom is -0.456 e. The van der Waals surface area contributed by atoms with Crippen molar-refractivity contribution in [1.82, 2.24) is 19.9 Å². The molecular formula is C48H26N4O. The lowest BCUT2D eigenvalue weighted by Gasteiger charge is -2.14. The molecule has 3 aromatic heterocycles. The predicted molar refractivity (Wildman–Crippen MR) is 216 cm³/mol. The molecule has 5 heteroatoms. The Morgan fingerprint density at radius 3 is 1.89 bits per heavy atom. The highest BCUT2D eigenvalue weighted by atomic mass is 16.3. The molecule has 12 rings (SSSR count). The maximum Gasteiger partial charge on any atom is 0.164 e. The zero-order valence-electron chi connectivity index (χ0n) is 28.2. The first-order valence-corrected chi connectivity index (χ1v) is 17.8. The van der Waals surface area contributed by atoms with Crippen molar-refractivity contribution in [2.75, 3.05) is 0 Å². The van der Waals surface area contributed by atoms with E-state index in [2.05, 4.69) is 115 Å². The number of para-hydroxylation sites is 1. The average Bonchev–Trinajstić information content (AvgIpc) is 3.77. The van der Waals surface area contributed by atoms with Crippen molar-refractivity contribution in [2.45, 2.75) is 0 Å². The molecule has 0 spiro atoms. The minimum atomic E-state index is 0.595. The van der Waals surface area contributed by atoms with Crippen LogP contribution in [-0.4, -0.2) is 19.9 Å². The van der Waals surface area contributed by atoms with E-state index in [1.807, 2.05) is 42.6 Å². The molecule has 0 bridgehead atoms. The van der Waals surface area contributed by atoms with Gasteiger partial charge < -0.3 is 4.42 Å². The van der Waals surface area contributed by atoms with Crippen molar-refractivity contribution >= 4 is 65.2 Å². The standard InChI is InChI=1S/C48H26N4O/c1-2-13-32-31(12-1)33-15-6-10-29-25-30(26-39(32)43(29)33)46-50-47(52-48(51-46)38-17-7-19-41-44(38)36-14-3-4-18-40(36)53-41)37-16-5-9-27-20-23-35-34(42(27)37)22-21-28-11-8-24-49-45(28)35/h1-26H. The van der Waals surface area contributed by atoms with Gasteiger partial charge in [-0.15, -0.1) is 0 Å². The van der Waals surface area contributed by atoms with Gasteiger partial charge in [-0.2, -0.15) is 0 Å². The Balaban J connectivity index is 1.18. The summed E-state index contributed by atoms with van der Waals surface area (Å²) in [5, 5.41) is 9.95. The van der Waals surface area contributed by atoms with Gasteiger partial charge in [-0.25, -0.2) is 15.0 Å². The Kier molecular flexibility index (Phi) is 5.71. The van der Waals surface area contributed by atoms with Crippen LogP contribution in [0.15, 0.2) is 162 Å². The number of aromatic nitrogens is 4. The van der Waals surface area contributed by atoms with Gasteiger partial charge in [0.2, 0.25) is 0 Å². The molecule has 0 amide bonds. The lowest BCUT2D eigenvalue weighted by molar-refractivity contribution is 0.669. The molecule has 11 aromatic rings. The average molecular weight is 675 g/mol. The molecular weight excluding hydrogens is 649 g/mol. The number of pyridine rings is 1. The Bertz CT molecular complexity index is 3360. The fourth-order valence-electron chi connectivity index (χ4n) is 8.58. The normalized spacial score (nSPS) is 12.2. The van der Waals surface area contributed by atoms with Gasteiger partial charge in [0.05, 0.1) is 5.52 Å². The van der Waals surface area contributed by atoms with Gasteiger partial charge >= 0.3 is 0 Å². The van der Waals surface area contributed by atoms with Crippen LogP contribution in [0.1, 0.15) is 0 Å². The molecule has 244 valence electrons. The summed E-state index contributed by atoms with van der Waals surface area (Å²) in [5.41, 5.74) is 10.3. The molecule has 8 aromatic carbocycles. The second kappa shape index (κ2) is 10.6. The van der Waals surface area contributed by atoms with Crippen LogP contribution in [0.3, 0.4) is 0 Å². The quantitative estimate of drug-likeness (QED) is 0.175. The third-order valence-corrected chi connectivity index (χ3v) is 10.9. The number of benzene rings is 8. The summed E-state index contributed by atoms with van der Waals surface area (Å²) < 4.78 is 6.33. The summed E-state index contributed by atoms with van der Waals surface area (Å²) in [5.74, 6) is 1.82. The van der Waals surface area contributed by atoms with E-state index in [1.165, 1.54) is 27.6 Å². The second-order valence-corrected chi connectivity index (χ2v) is 13.8. The number of nitrogens with zero attached hydrogens (tertiary/aromatic N) is 4. The van der Waals surface area contributed by atoms with Gasteiger partial charge in [0, 0.05) is 49.8 Å². The van der Waals surface area contributed by atoms with Gasteiger partial charge in [-0.1, -0.05) is 121 Å². The van der Waals surface area contributed by atoms with Crippen LogP contribution in [0.5, 0.6) is 0 Å². The fourth-order valence-corrected chi connectivity index (χ4v) is 8.58. The number of hydrogen-bond donors (Lipinski definition) is 0. The van der Waals surface area contributed by atoms with Gasteiger partial charge in [0.25, 0.3) is 0 Å². The Morgan fingerprint density at radius 2 is 1.00 bits per heavy atom. The van der Waals surface area contributed by atoms with Crippen LogP contribution >= 0.6 is 0 Å². The summed E-state index contributed by atoms with van der Waals surface area (Å²) in [4.78, 5) is 20.8. The van der Waals surface area contributed by atoms with Crippen molar-refractivity contribution in [3.63, 3.8) is 0 Å². The van der Waals surface area contributed by atoms with E-state index in [0.29, 0.717) is 17.5 Å². The number of rotatable bonds is 3. The molecule has 0 fully saturated rings. The van der Waals surface area contributed by atoms with Crippen LogP contribution in [0, 0.1) is 0 Å².